The molecule has 1 aliphatic heterocycles. The maximum Gasteiger partial charge on any atom is 0.290 e. The summed E-state index contributed by atoms with van der Waals surface area (Å²) < 4.78 is 11.4. The summed E-state index contributed by atoms with van der Waals surface area (Å²) in [4.78, 5) is 2.44. The summed E-state index contributed by atoms with van der Waals surface area (Å²) in [5, 5.41) is 0. The quantitative estimate of drug-likeness (QED) is 0.826. The Bertz CT molecular complexity index is 500. The first-order chi connectivity index (χ1) is 9.40. The van der Waals surface area contributed by atoms with Gasteiger partial charge < -0.3 is 9.15 Å². The Morgan fingerprint density at radius 1 is 0.947 bits per heavy atom. The third-order valence-corrected chi connectivity index (χ3v) is 3.43. The van der Waals surface area contributed by atoms with Gasteiger partial charge in [-0.05, 0) is 44.1 Å². The summed E-state index contributed by atoms with van der Waals surface area (Å²) in [5.41, 5.74) is 0. The first kappa shape index (κ1) is 12.3. The van der Waals surface area contributed by atoms with Crippen molar-refractivity contribution in [3.63, 3.8) is 0 Å². The minimum atomic E-state index is 0.568. The second-order valence-corrected chi connectivity index (χ2v) is 4.97. The minimum absolute atomic E-state index is 0.568. The van der Waals surface area contributed by atoms with Crippen LogP contribution in [0.5, 0.6) is 11.7 Å². The average Bonchev–Trinajstić information content (AvgIpc) is 2.88. The van der Waals surface area contributed by atoms with Gasteiger partial charge in [-0.15, -0.1) is 0 Å². The van der Waals surface area contributed by atoms with E-state index >= 15 is 0 Å². The van der Waals surface area contributed by atoms with Crippen LogP contribution in [-0.4, -0.2) is 18.0 Å². The second-order valence-electron chi connectivity index (χ2n) is 4.97. The highest BCUT2D eigenvalue weighted by molar-refractivity contribution is 5.26. The Kier molecular flexibility index (Phi) is 3.84. The molecule has 3 rings (SSSR count). The summed E-state index contributed by atoms with van der Waals surface area (Å²) in [6, 6.07) is 13.6. The molecule has 2 aromatic rings. The highest BCUT2D eigenvalue weighted by atomic mass is 16.6. The molecular formula is C16H19NO2. The lowest BCUT2D eigenvalue weighted by Crippen LogP contribution is -2.28. The maximum atomic E-state index is 5.73. The molecule has 0 atom stereocenters. The molecule has 1 aliphatic rings. The van der Waals surface area contributed by atoms with Crippen molar-refractivity contribution in [1.29, 1.82) is 0 Å². The number of furan rings is 1. The molecule has 100 valence electrons. The molecule has 0 bridgehead atoms. The topological polar surface area (TPSA) is 25.6 Å². The number of hydrogen-bond acceptors (Lipinski definition) is 3. The predicted octanol–water partition coefficient (Wildman–Crippen LogP) is 4.06. The number of piperidine rings is 1. The first-order valence-electron chi connectivity index (χ1n) is 6.94. The van der Waals surface area contributed by atoms with Crippen molar-refractivity contribution in [2.24, 2.45) is 0 Å². The largest absolute Gasteiger partial charge is 0.429 e. The van der Waals surface area contributed by atoms with Crippen molar-refractivity contribution in [3.05, 3.63) is 48.2 Å². The van der Waals surface area contributed by atoms with E-state index in [2.05, 4.69) is 4.90 Å². The highest BCUT2D eigenvalue weighted by Gasteiger charge is 2.13. The summed E-state index contributed by atoms with van der Waals surface area (Å²) >= 11 is 0. The maximum absolute atomic E-state index is 5.73. The molecule has 19 heavy (non-hydrogen) atoms. The molecule has 3 nitrogen and oxygen atoms in total. The zero-order chi connectivity index (χ0) is 12.9. The molecule has 0 aliphatic carbocycles. The van der Waals surface area contributed by atoms with E-state index in [1.807, 2.05) is 42.5 Å². The third-order valence-electron chi connectivity index (χ3n) is 3.43. The minimum Gasteiger partial charge on any atom is -0.429 e. The van der Waals surface area contributed by atoms with E-state index in [1.165, 1.54) is 32.4 Å². The van der Waals surface area contributed by atoms with Gasteiger partial charge >= 0.3 is 0 Å². The van der Waals surface area contributed by atoms with Gasteiger partial charge in [0.25, 0.3) is 5.95 Å². The Balaban J connectivity index is 1.59. The summed E-state index contributed by atoms with van der Waals surface area (Å²) in [6.07, 6.45) is 3.96. The fourth-order valence-electron chi connectivity index (χ4n) is 2.44. The van der Waals surface area contributed by atoms with Gasteiger partial charge in [-0.2, -0.15) is 0 Å². The van der Waals surface area contributed by atoms with Crippen LogP contribution in [0.15, 0.2) is 46.9 Å². The standard InChI is InChI=1S/C16H19NO2/c1-3-7-14(8-4-1)18-16-10-9-15(19-16)13-17-11-5-2-6-12-17/h1,3-4,7-10H,2,5-6,11-13H2. The van der Waals surface area contributed by atoms with E-state index in [1.54, 1.807) is 0 Å². The van der Waals surface area contributed by atoms with Crippen molar-refractivity contribution >= 4 is 0 Å². The van der Waals surface area contributed by atoms with E-state index in [0.29, 0.717) is 5.95 Å². The number of para-hydroxylation sites is 1. The van der Waals surface area contributed by atoms with Crippen LogP contribution in [0.3, 0.4) is 0 Å². The van der Waals surface area contributed by atoms with Gasteiger partial charge in [0.05, 0.1) is 6.54 Å². The molecule has 0 unspecified atom stereocenters. The molecule has 3 heteroatoms. The fourth-order valence-corrected chi connectivity index (χ4v) is 2.44. The third kappa shape index (κ3) is 3.38. The van der Waals surface area contributed by atoms with Crippen molar-refractivity contribution < 1.29 is 9.15 Å². The number of benzene rings is 1. The lowest BCUT2D eigenvalue weighted by atomic mass is 10.1. The molecular weight excluding hydrogens is 238 g/mol. The average molecular weight is 257 g/mol. The molecule has 1 fully saturated rings. The molecule has 0 amide bonds. The zero-order valence-corrected chi connectivity index (χ0v) is 11.0. The predicted molar refractivity (Wildman–Crippen MR) is 74.4 cm³/mol. The molecule has 0 N–H and O–H groups in total. The Morgan fingerprint density at radius 2 is 1.74 bits per heavy atom. The van der Waals surface area contributed by atoms with Crippen molar-refractivity contribution in [3.8, 4) is 11.7 Å². The monoisotopic (exact) mass is 257 g/mol. The van der Waals surface area contributed by atoms with Gasteiger partial charge in [0.2, 0.25) is 0 Å². The fraction of sp³-hybridized carbons (Fsp3) is 0.375. The summed E-state index contributed by atoms with van der Waals surface area (Å²) in [7, 11) is 0. The summed E-state index contributed by atoms with van der Waals surface area (Å²) in [6.45, 7) is 3.24. The Hall–Kier alpha value is -1.74. The first-order valence-corrected chi connectivity index (χ1v) is 6.94. The molecule has 1 aromatic heterocycles. The van der Waals surface area contributed by atoms with Gasteiger partial charge in [0, 0.05) is 6.07 Å². The van der Waals surface area contributed by atoms with Crippen LogP contribution in [0, 0.1) is 0 Å². The summed E-state index contributed by atoms with van der Waals surface area (Å²) in [5.74, 6) is 2.35. The number of hydrogen-bond donors (Lipinski definition) is 0. The van der Waals surface area contributed by atoms with Crippen LogP contribution in [0.1, 0.15) is 25.0 Å². The van der Waals surface area contributed by atoms with Crippen LogP contribution < -0.4 is 4.74 Å². The van der Waals surface area contributed by atoms with Gasteiger partial charge in [0.1, 0.15) is 11.5 Å². The van der Waals surface area contributed by atoms with Crippen LogP contribution in [-0.2, 0) is 6.54 Å². The lowest BCUT2D eigenvalue weighted by molar-refractivity contribution is 0.199. The van der Waals surface area contributed by atoms with E-state index in [0.717, 1.165) is 18.1 Å². The molecule has 2 heterocycles. The van der Waals surface area contributed by atoms with Crippen molar-refractivity contribution in [1.82, 2.24) is 4.90 Å². The molecule has 0 saturated carbocycles. The zero-order valence-electron chi connectivity index (χ0n) is 11.0. The van der Waals surface area contributed by atoms with E-state index < -0.39 is 0 Å². The molecule has 1 saturated heterocycles. The van der Waals surface area contributed by atoms with Crippen molar-refractivity contribution in [2.75, 3.05) is 13.1 Å². The van der Waals surface area contributed by atoms with Crippen LogP contribution in [0.4, 0.5) is 0 Å². The normalized spacial score (nSPS) is 16.4. The number of nitrogens with zero attached hydrogens (tertiary/aromatic N) is 1. The number of likely N-dealkylation sites (tertiary alicyclic amines) is 1. The van der Waals surface area contributed by atoms with E-state index in [4.69, 9.17) is 9.15 Å². The van der Waals surface area contributed by atoms with Crippen LogP contribution in [0.25, 0.3) is 0 Å². The number of rotatable bonds is 4. The van der Waals surface area contributed by atoms with E-state index in [9.17, 15) is 0 Å². The van der Waals surface area contributed by atoms with Crippen LogP contribution >= 0.6 is 0 Å². The second kappa shape index (κ2) is 5.93. The Labute approximate surface area is 113 Å². The van der Waals surface area contributed by atoms with Gasteiger partial charge in [-0.3, -0.25) is 4.90 Å². The van der Waals surface area contributed by atoms with Gasteiger partial charge in [-0.1, -0.05) is 24.6 Å². The lowest BCUT2D eigenvalue weighted by Gasteiger charge is -2.25. The highest BCUT2D eigenvalue weighted by Crippen LogP contribution is 2.24. The smallest absolute Gasteiger partial charge is 0.290 e. The molecule has 0 radical (unpaired) electrons. The van der Waals surface area contributed by atoms with Crippen molar-refractivity contribution in [2.45, 2.75) is 25.8 Å². The van der Waals surface area contributed by atoms with Gasteiger partial charge in [0.15, 0.2) is 0 Å². The molecule has 0 spiro atoms. The van der Waals surface area contributed by atoms with Gasteiger partial charge in [-0.25, -0.2) is 0 Å². The van der Waals surface area contributed by atoms with E-state index in [-0.39, 0.29) is 0 Å². The SMILES string of the molecule is c1ccc(Oc2ccc(CN3CCCCC3)o2)cc1. The molecule has 1 aromatic carbocycles. The Morgan fingerprint density at radius 3 is 2.53 bits per heavy atom. The van der Waals surface area contributed by atoms with Crippen LogP contribution in [0.2, 0.25) is 0 Å². The number of ether oxygens (including phenoxy) is 1.